The molecule has 0 saturated carbocycles. The lowest BCUT2D eigenvalue weighted by Crippen LogP contribution is -2.55. The number of hydrogen-bond acceptors (Lipinski definition) is 3. The van der Waals surface area contributed by atoms with Crippen LogP contribution in [-0.4, -0.2) is 60.8 Å². The van der Waals surface area contributed by atoms with Gasteiger partial charge in [0.15, 0.2) is 0 Å². The highest BCUT2D eigenvalue weighted by atomic mass is 16.3. The van der Waals surface area contributed by atoms with Crippen molar-refractivity contribution in [3.05, 3.63) is 0 Å². The molecule has 0 spiro atoms. The van der Waals surface area contributed by atoms with Crippen LogP contribution in [0.2, 0.25) is 0 Å². The third kappa shape index (κ3) is 4.09. The van der Waals surface area contributed by atoms with Gasteiger partial charge >= 0.3 is 0 Å². The molecular formula is C12H26N2O. The van der Waals surface area contributed by atoms with Crippen LogP contribution in [0.5, 0.6) is 0 Å². The lowest BCUT2D eigenvalue weighted by atomic mass is 9.98. The average molecular weight is 214 g/mol. The fourth-order valence-electron chi connectivity index (χ4n) is 2.16. The maximum absolute atomic E-state index is 10.1. The van der Waals surface area contributed by atoms with E-state index in [0.29, 0.717) is 12.0 Å². The second-order valence-electron chi connectivity index (χ2n) is 5.35. The maximum atomic E-state index is 10.1. The van der Waals surface area contributed by atoms with Crippen molar-refractivity contribution in [1.82, 2.24) is 9.80 Å². The van der Waals surface area contributed by atoms with Crippen molar-refractivity contribution in [1.29, 1.82) is 0 Å². The van der Waals surface area contributed by atoms with Crippen LogP contribution in [0, 0.1) is 5.92 Å². The van der Waals surface area contributed by atoms with Crippen molar-refractivity contribution in [2.45, 2.75) is 38.8 Å². The predicted molar refractivity (Wildman–Crippen MR) is 64.0 cm³/mol. The van der Waals surface area contributed by atoms with E-state index >= 15 is 0 Å². The smallest absolute Gasteiger partial charge is 0.0707 e. The molecule has 1 aliphatic heterocycles. The highest BCUT2D eigenvalue weighted by Gasteiger charge is 2.28. The monoisotopic (exact) mass is 214 g/mol. The summed E-state index contributed by atoms with van der Waals surface area (Å²) in [6.07, 6.45) is 1.88. The molecule has 0 aromatic carbocycles. The van der Waals surface area contributed by atoms with Gasteiger partial charge in [0.25, 0.3) is 0 Å². The maximum Gasteiger partial charge on any atom is 0.0707 e. The van der Waals surface area contributed by atoms with Gasteiger partial charge in [-0.2, -0.15) is 0 Å². The van der Waals surface area contributed by atoms with Crippen molar-refractivity contribution in [3.63, 3.8) is 0 Å². The summed E-state index contributed by atoms with van der Waals surface area (Å²) in [6, 6.07) is 0.322. The SMILES string of the molecule is CC(C)CCC(O)C1CN(C)CCN1C. The highest BCUT2D eigenvalue weighted by Crippen LogP contribution is 2.16. The van der Waals surface area contributed by atoms with Crippen LogP contribution in [-0.2, 0) is 0 Å². The van der Waals surface area contributed by atoms with E-state index < -0.39 is 0 Å². The molecule has 0 aliphatic carbocycles. The number of rotatable bonds is 4. The molecule has 1 fully saturated rings. The van der Waals surface area contributed by atoms with Crippen LogP contribution in [0.1, 0.15) is 26.7 Å². The third-order valence-electron chi connectivity index (χ3n) is 3.38. The molecule has 2 unspecified atom stereocenters. The second-order valence-corrected chi connectivity index (χ2v) is 5.35. The Morgan fingerprint density at radius 1 is 1.20 bits per heavy atom. The fraction of sp³-hybridized carbons (Fsp3) is 1.00. The average Bonchev–Trinajstić information content (AvgIpc) is 2.18. The van der Waals surface area contributed by atoms with E-state index in [-0.39, 0.29) is 6.10 Å². The molecular weight excluding hydrogens is 188 g/mol. The standard InChI is InChI=1S/C12H26N2O/c1-10(2)5-6-12(15)11-9-13(3)7-8-14(11)4/h10-12,15H,5-9H2,1-4H3. The molecule has 0 bridgehead atoms. The molecule has 1 rings (SSSR count). The van der Waals surface area contributed by atoms with E-state index in [1.54, 1.807) is 0 Å². The van der Waals surface area contributed by atoms with Gasteiger partial charge in [0.05, 0.1) is 6.10 Å². The van der Waals surface area contributed by atoms with Gasteiger partial charge in [-0.3, -0.25) is 4.90 Å². The Labute approximate surface area is 94.1 Å². The summed E-state index contributed by atoms with van der Waals surface area (Å²) in [5.41, 5.74) is 0. The molecule has 1 N–H and O–H groups in total. The van der Waals surface area contributed by atoms with Crippen molar-refractivity contribution < 1.29 is 5.11 Å². The van der Waals surface area contributed by atoms with Gasteiger partial charge in [-0.25, -0.2) is 0 Å². The summed E-state index contributed by atoms with van der Waals surface area (Å²) in [6.45, 7) is 7.60. The first-order chi connectivity index (χ1) is 7.00. The Hall–Kier alpha value is -0.120. The number of hydrogen-bond donors (Lipinski definition) is 1. The molecule has 1 aliphatic rings. The molecule has 3 nitrogen and oxygen atoms in total. The summed E-state index contributed by atoms with van der Waals surface area (Å²) in [5.74, 6) is 0.686. The fourth-order valence-corrected chi connectivity index (χ4v) is 2.16. The molecule has 1 heterocycles. The van der Waals surface area contributed by atoms with Crippen LogP contribution in [0.15, 0.2) is 0 Å². The third-order valence-corrected chi connectivity index (χ3v) is 3.38. The Balaban J connectivity index is 2.38. The van der Waals surface area contributed by atoms with Crippen molar-refractivity contribution in [3.8, 4) is 0 Å². The van der Waals surface area contributed by atoms with Crippen LogP contribution in [0.4, 0.5) is 0 Å². The largest absolute Gasteiger partial charge is 0.391 e. The quantitative estimate of drug-likeness (QED) is 0.757. The predicted octanol–water partition coefficient (Wildman–Crippen LogP) is 1.03. The first-order valence-corrected chi connectivity index (χ1v) is 6.07. The zero-order valence-electron chi connectivity index (χ0n) is 10.6. The van der Waals surface area contributed by atoms with Gasteiger partial charge in [0.2, 0.25) is 0 Å². The minimum Gasteiger partial charge on any atom is -0.391 e. The van der Waals surface area contributed by atoms with Crippen LogP contribution < -0.4 is 0 Å². The normalized spacial score (nSPS) is 27.2. The Kier molecular flexibility index (Phi) is 5.03. The summed E-state index contributed by atoms with van der Waals surface area (Å²) < 4.78 is 0. The number of nitrogens with zero attached hydrogens (tertiary/aromatic N) is 2. The van der Waals surface area contributed by atoms with E-state index in [9.17, 15) is 5.11 Å². The Morgan fingerprint density at radius 2 is 1.87 bits per heavy atom. The number of aliphatic hydroxyl groups is 1. The number of likely N-dealkylation sites (N-methyl/N-ethyl adjacent to an activating group) is 2. The van der Waals surface area contributed by atoms with E-state index in [4.69, 9.17) is 0 Å². The van der Waals surface area contributed by atoms with Gasteiger partial charge in [-0.15, -0.1) is 0 Å². The van der Waals surface area contributed by atoms with Crippen molar-refractivity contribution in [2.24, 2.45) is 5.92 Å². The van der Waals surface area contributed by atoms with Gasteiger partial charge in [-0.1, -0.05) is 13.8 Å². The lowest BCUT2D eigenvalue weighted by molar-refractivity contribution is 0.00856. The van der Waals surface area contributed by atoms with Crippen LogP contribution in [0.25, 0.3) is 0 Å². The first kappa shape index (κ1) is 12.9. The van der Waals surface area contributed by atoms with Crippen molar-refractivity contribution in [2.75, 3.05) is 33.7 Å². The molecule has 90 valence electrons. The van der Waals surface area contributed by atoms with Gasteiger partial charge in [0, 0.05) is 25.7 Å². The van der Waals surface area contributed by atoms with Gasteiger partial charge in [-0.05, 0) is 32.9 Å². The minimum absolute atomic E-state index is 0.167. The molecule has 0 amide bonds. The topological polar surface area (TPSA) is 26.7 Å². The van der Waals surface area contributed by atoms with E-state index in [2.05, 4.69) is 37.7 Å². The summed E-state index contributed by atoms with van der Waals surface area (Å²) >= 11 is 0. The zero-order chi connectivity index (χ0) is 11.4. The lowest BCUT2D eigenvalue weighted by Gasteiger charge is -2.40. The van der Waals surface area contributed by atoms with E-state index in [1.807, 2.05) is 0 Å². The molecule has 1 saturated heterocycles. The molecule has 0 aromatic rings. The molecule has 2 atom stereocenters. The van der Waals surface area contributed by atoms with Crippen molar-refractivity contribution >= 4 is 0 Å². The molecule has 3 heteroatoms. The second kappa shape index (κ2) is 5.83. The van der Waals surface area contributed by atoms with Gasteiger partial charge in [0.1, 0.15) is 0 Å². The summed E-state index contributed by atoms with van der Waals surface area (Å²) in [7, 11) is 4.26. The van der Waals surface area contributed by atoms with E-state index in [0.717, 1.165) is 32.5 Å². The van der Waals surface area contributed by atoms with Crippen LogP contribution in [0.3, 0.4) is 0 Å². The molecule has 15 heavy (non-hydrogen) atoms. The molecule has 0 aromatic heterocycles. The van der Waals surface area contributed by atoms with Crippen LogP contribution >= 0.6 is 0 Å². The minimum atomic E-state index is -0.167. The van der Waals surface area contributed by atoms with Gasteiger partial charge < -0.3 is 10.0 Å². The number of aliphatic hydroxyl groups excluding tert-OH is 1. The van der Waals surface area contributed by atoms with E-state index in [1.165, 1.54) is 0 Å². The summed E-state index contributed by atoms with van der Waals surface area (Å²) in [5, 5.41) is 10.1. The summed E-state index contributed by atoms with van der Waals surface area (Å²) in [4.78, 5) is 4.61. The first-order valence-electron chi connectivity index (χ1n) is 6.07. The molecule has 0 radical (unpaired) electrons. The highest BCUT2D eigenvalue weighted by molar-refractivity contribution is 4.84. The Morgan fingerprint density at radius 3 is 2.47 bits per heavy atom. The Bertz CT molecular complexity index is 184. The number of piperazine rings is 1. The zero-order valence-corrected chi connectivity index (χ0v) is 10.6.